The molecule has 1 aromatic rings. The predicted molar refractivity (Wildman–Crippen MR) is 75.2 cm³/mol. The minimum absolute atomic E-state index is 0.0651. The van der Waals surface area contributed by atoms with Crippen molar-refractivity contribution < 1.29 is 4.79 Å². The summed E-state index contributed by atoms with van der Waals surface area (Å²) in [4.78, 5) is 12.0. The van der Waals surface area contributed by atoms with Crippen LogP contribution in [-0.4, -0.2) is 19.0 Å². The third kappa shape index (κ3) is 4.15. The van der Waals surface area contributed by atoms with Gasteiger partial charge in [0.15, 0.2) is 0 Å². The van der Waals surface area contributed by atoms with Gasteiger partial charge in [0.2, 0.25) is 5.91 Å². The molecule has 0 aromatic heterocycles. The number of nitrogens with two attached hydrogens (primary N) is 1. The number of nitrogens with one attached hydrogen (secondary N) is 1. The molecule has 0 bridgehead atoms. The van der Waals surface area contributed by atoms with Crippen LogP contribution < -0.4 is 11.1 Å². The fourth-order valence-electron chi connectivity index (χ4n) is 1.97. The molecule has 2 atom stereocenters. The van der Waals surface area contributed by atoms with Gasteiger partial charge in [-0.15, -0.1) is 0 Å². The van der Waals surface area contributed by atoms with Crippen molar-refractivity contribution in [2.45, 2.75) is 26.7 Å². The monoisotopic (exact) mass is 248 g/mol. The van der Waals surface area contributed by atoms with Crippen molar-refractivity contribution in [1.29, 1.82) is 0 Å². The summed E-state index contributed by atoms with van der Waals surface area (Å²) < 4.78 is 0. The maximum absolute atomic E-state index is 12.0. The average molecular weight is 248 g/mol. The Morgan fingerprint density at radius 1 is 1.22 bits per heavy atom. The van der Waals surface area contributed by atoms with Crippen LogP contribution in [-0.2, 0) is 4.79 Å². The summed E-state index contributed by atoms with van der Waals surface area (Å²) in [6.07, 6.45) is 0. The van der Waals surface area contributed by atoms with E-state index in [1.165, 1.54) is 5.56 Å². The lowest BCUT2D eigenvalue weighted by Gasteiger charge is -2.20. The maximum Gasteiger partial charge on any atom is 0.224 e. The van der Waals surface area contributed by atoms with Gasteiger partial charge in [0.05, 0.1) is 5.92 Å². The van der Waals surface area contributed by atoms with E-state index in [1.807, 2.05) is 32.0 Å². The number of carbonyl (C=O) groups excluding carboxylic acids is 1. The van der Waals surface area contributed by atoms with Crippen LogP contribution >= 0.6 is 0 Å². The normalized spacial score (nSPS) is 14.3. The Bertz CT molecular complexity index is 362. The molecule has 0 radical (unpaired) electrons. The first-order chi connectivity index (χ1) is 8.56. The number of rotatable bonds is 6. The second kappa shape index (κ2) is 7.17. The van der Waals surface area contributed by atoms with E-state index in [2.05, 4.69) is 24.4 Å². The van der Waals surface area contributed by atoms with E-state index < -0.39 is 0 Å². The summed E-state index contributed by atoms with van der Waals surface area (Å²) in [5.74, 6) is 0.575. The van der Waals surface area contributed by atoms with Gasteiger partial charge in [-0.3, -0.25) is 4.79 Å². The number of amides is 1. The van der Waals surface area contributed by atoms with E-state index in [0.717, 1.165) is 0 Å². The zero-order valence-corrected chi connectivity index (χ0v) is 11.5. The van der Waals surface area contributed by atoms with Gasteiger partial charge in [0.1, 0.15) is 0 Å². The van der Waals surface area contributed by atoms with Crippen LogP contribution in [0.3, 0.4) is 0 Å². The van der Waals surface area contributed by atoms with Crippen molar-refractivity contribution in [2.24, 2.45) is 17.6 Å². The van der Waals surface area contributed by atoms with E-state index in [4.69, 9.17) is 5.73 Å². The quantitative estimate of drug-likeness (QED) is 0.810. The zero-order chi connectivity index (χ0) is 13.5. The topological polar surface area (TPSA) is 55.1 Å². The van der Waals surface area contributed by atoms with Gasteiger partial charge in [-0.2, -0.15) is 0 Å². The average Bonchev–Trinajstić information content (AvgIpc) is 2.37. The van der Waals surface area contributed by atoms with Crippen molar-refractivity contribution in [1.82, 2.24) is 5.32 Å². The molecular formula is C15H24N2O. The highest BCUT2D eigenvalue weighted by Crippen LogP contribution is 2.14. The van der Waals surface area contributed by atoms with E-state index >= 15 is 0 Å². The van der Waals surface area contributed by atoms with Gasteiger partial charge in [0.25, 0.3) is 0 Å². The van der Waals surface area contributed by atoms with Gasteiger partial charge in [-0.05, 0) is 17.4 Å². The summed E-state index contributed by atoms with van der Waals surface area (Å²) in [6.45, 7) is 7.23. The van der Waals surface area contributed by atoms with E-state index in [-0.39, 0.29) is 17.7 Å². The lowest BCUT2D eigenvalue weighted by atomic mass is 9.94. The first-order valence-electron chi connectivity index (χ1n) is 6.59. The molecule has 1 aromatic carbocycles. The maximum atomic E-state index is 12.0. The summed E-state index contributed by atoms with van der Waals surface area (Å²) >= 11 is 0. The van der Waals surface area contributed by atoms with Crippen molar-refractivity contribution in [3.8, 4) is 0 Å². The van der Waals surface area contributed by atoms with Crippen LogP contribution in [0.15, 0.2) is 30.3 Å². The first kappa shape index (κ1) is 14.7. The van der Waals surface area contributed by atoms with Crippen molar-refractivity contribution in [2.75, 3.05) is 13.1 Å². The summed E-state index contributed by atoms with van der Waals surface area (Å²) in [6, 6.07) is 10.2. The minimum atomic E-state index is -0.0898. The molecule has 0 aliphatic rings. The number of hydrogen-bond donors (Lipinski definition) is 2. The third-order valence-corrected chi connectivity index (χ3v) is 3.35. The van der Waals surface area contributed by atoms with Gasteiger partial charge in [0, 0.05) is 13.1 Å². The number of carbonyl (C=O) groups is 1. The fraction of sp³-hybridized carbons (Fsp3) is 0.533. The third-order valence-electron chi connectivity index (χ3n) is 3.35. The first-order valence-corrected chi connectivity index (χ1v) is 6.59. The Hall–Kier alpha value is -1.35. The van der Waals surface area contributed by atoms with Gasteiger partial charge >= 0.3 is 0 Å². The summed E-state index contributed by atoms with van der Waals surface area (Å²) in [7, 11) is 0. The zero-order valence-electron chi connectivity index (χ0n) is 11.5. The molecule has 3 heteroatoms. The Labute approximate surface area is 110 Å². The molecule has 1 rings (SSSR count). The van der Waals surface area contributed by atoms with Gasteiger partial charge in [-0.25, -0.2) is 0 Å². The molecule has 0 spiro atoms. The molecule has 0 fully saturated rings. The largest absolute Gasteiger partial charge is 0.355 e. The van der Waals surface area contributed by atoms with Crippen LogP contribution in [0.5, 0.6) is 0 Å². The lowest BCUT2D eigenvalue weighted by molar-refractivity contribution is -0.126. The second-order valence-corrected chi connectivity index (χ2v) is 5.14. The van der Waals surface area contributed by atoms with Crippen LogP contribution in [0.2, 0.25) is 0 Å². The Balaban J connectivity index is 2.48. The Morgan fingerprint density at radius 3 is 2.33 bits per heavy atom. The van der Waals surface area contributed by atoms with E-state index in [9.17, 15) is 4.79 Å². The fourth-order valence-corrected chi connectivity index (χ4v) is 1.97. The van der Waals surface area contributed by atoms with Crippen LogP contribution in [0.4, 0.5) is 0 Å². The molecule has 0 saturated carbocycles. The molecule has 3 N–H and O–H groups in total. The molecule has 0 aliphatic heterocycles. The molecule has 0 saturated heterocycles. The SMILES string of the molecule is CC(CNC(=O)C(CN)C(C)C)c1ccccc1. The highest BCUT2D eigenvalue weighted by Gasteiger charge is 2.20. The van der Waals surface area contributed by atoms with E-state index in [0.29, 0.717) is 19.0 Å². The smallest absolute Gasteiger partial charge is 0.224 e. The molecule has 1 amide bonds. The standard InChI is InChI=1S/C15H24N2O/c1-11(2)14(9-16)15(18)17-10-12(3)13-7-5-4-6-8-13/h4-8,11-12,14H,9-10,16H2,1-3H3,(H,17,18). The molecular weight excluding hydrogens is 224 g/mol. The molecule has 3 nitrogen and oxygen atoms in total. The van der Waals surface area contributed by atoms with Gasteiger partial charge < -0.3 is 11.1 Å². The lowest BCUT2D eigenvalue weighted by Crippen LogP contribution is -2.39. The van der Waals surface area contributed by atoms with E-state index in [1.54, 1.807) is 0 Å². The highest BCUT2D eigenvalue weighted by atomic mass is 16.1. The van der Waals surface area contributed by atoms with Crippen molar-refractivity contribution in [3.63, 3.8) is 0 Å². The molecule has 2 unspecified atom stereocenters. The van der Waals surface area contributed by atoms with Crippen molar-refractivity contribution >= 4 is 5.91 Å². The minimum Gasteiger partial charge on any atom is -0.355 e. The predicted octanol–water partition coefficient (Wildman–Crippen LogP) is 2.14. The molecule has 100 valence electrons. The second-order valence-electron chi connectivity index (χ2n) is 5.14. The Morgan fingerprint density at radius 2 is 1.83 bits per heavy atom. The van der Waals surface area contributed by atoms with Crippen LogP contribution in [0.25, 0.3) is 0 Å². The van der Waals surface area contributed by atoms with Crippen LogP contribution in [0.1, 0.15) is 32.3 Å². The summed E-state index contributed by atoms with van der Waals surface area (Å²) in [5, 5.41) is 2.99. The van der Waals surface area contributed by atoms with Crippen molar-refractivity contribution in [3.05, 3.63) is 35.9 Å². The Kier molecular flexibility index (Phi) is 5.86. The highest BCUT2D eigenvalue weighted by molar-refractivity contribution is 5.79. The van der Waals surface area contributed by atoms with Gasteiger partial charge in [-0.1, -0.05) is 51.1 Å². The molecule has 18 heavy (non-hydrogen) atoms. The number of hydrogen-bond acceptors (Lipinski definition) is 2. The summed E-state index contributed by atoms with van der Waals surface area (Å²) in [5.41, 5.74) is 6.87. The number of benzene rings is 1. The molecule has 0 aliphatic carbocycles. The van der Waals surface area contributed by atoms with Crippen LogP contribution in [0, 0.1) is 11.8 Å². The molecule has 0 heterocycles.